The third-order valence-corrected chi connectivity index (χ3v) is 2.67. The summed E-state index contributed by atoms with van der Waals surface area (Å²) in [6.45, 7) is 6.89. The van der Waals surface area contributed by atoms with Crippen LogP contribution in [0.3, 0.4) is 0 Å². The average Bonchev–Trinajstić information content (AvgIpc) is 2.85. The molecule has 0 saturated heterocycles. The molecular weight excluding hydrogens is 188 g/mol. The van der Waals surface area contributed by atoms with Crippen LogP contribution in [-0.4, -0.2) is 28.9 Å². The van der Waals surface area contributed by atoms with E-state index in [9.17, 15) is 4.79 Å². The van der Waals surface area contributed by atoms with E-state index in [4.69, 9.17) is 5.73 Å². The van der Waals surface area contributed by atoms with E-state index in [0.717, 1.165) is 19.4 Å². The first-order valence-corrected chi connectivity index (χ1v) is 6.02. The summed E-state index contributed by atoms with van der Waals surface area (Å²) in [5.74, 6) is 0.235. The van der Waals surface area contributed by atoms with E-state index in [0.29, 0.717) is 12.5 Å². The predicted molar refractivity (Wildman–Crippen MR) is 62.5 cm³/mol. The van der Waals surface area contributed by atoms with Gasteiger partial charge in [-0.2, -0.15) is 0 Å². The van der Waals surface area contributed by atoms with Crippen LogP contribution in [-0.2, 0) is 4.79 Å². The molecular formula is C12H24N2O. The number of nitrogens with two attached hydrogens (primary N) is 1. The molecule has 0 aliphatic heterocycles. The Kier molecular flexibility index (Phi) is 4.14. The second-order valence-corrected chi connectivity index (χ2v) is 5.34. The minimum atomic E-state index is -0.379. The minimum Gasteiger partial charge on any atom is -0.340 e. The van der Waals surface area contributed by atoms with Crippen molar-refractivity contribution in [1.82, 2.24) is 4.90 Å². The summed E-state index contributed by atoms with van der Waals surface area (Å²) in [7, 11) is 0. The summed E-state index contributed by atoms with van der Waals surface area (Å²) in [6.07, 6.45) is 5.07. The highest BCUT2D eigenvalue weighted by Crippen LogP contribution is 2.28. The van der Waals surface area contributed by atoms with Crippen LogP contribution in [0.15, 0.2) is 0 Å². The molecule has 1 saturated carbocycles. The number of carbonyl (C=O) groups excluding carboxylic acids is 1. The molecule has 1 fully saturated rings. The van der Waals surface area contributed by atoms with E-state index < -0.39 is 0 Å². The second kappa shape index (κ2) is 4.97. The fourth-order valence-electron chi connectivity index (χ4n) is 1.72. The van der Waals surface area contributed by atoms with E-state index >= 15 is 0 Å². The molecule has 15 heavy (non-hydrogen) atoms. The molecule has 0 bridgehead atoms. The summed E-state index contributed by atoms with van der Waals surface area (Å²) in [4.78, 5) is 14.0. The van der Waals surface area contributed by atoms with Crippen LogP contribution in [0, 0.1) is 0 Å². The quantitative estimate of drug-likeness (QED) is 0.731. The van der Waals surface area contributed by atoms with Crippen molar-refractivity contribution in [3.8, 4) is 0 Å². The van der Waals surface area contributed by atoms with Crippen LogP contribution in [0.25, 0.3) is 0 Å². The molecule has 0 unspecified atom stereocenters. The monoisotopic (exact) mass is 212 g/mol. The van der Waals surface area contributed by atoms with Gasteiger partial charge in [0.2, 0.25) is 5.91 Å². The van der Waals surface area contributed by atoms with Crippen LogP contribution < -0.4 is 5.73 Å². The Hall–Kier alpha value is -0.570. The van der Waals surface area contributed by atoms with Crippen LogP contribution in [0.1, 0.15) is 52.9 Å². The third-order valence-electron chi connectivity index (χ3n) is 2.67. The minimum absolute atomic E-state index is 0.235. The highest BCUT2D eigenvalue weighted by Gasteiger charge is 2.33. The molecule has 0 spiro atoms. The van der Waals surface area contributed by atoms with Crippen LogP contribution in [0.2, 0.25) is 0 Å². The maximum Gasteiger partial charge on any atom is 0.224 e. The smallest absolute Gasteiger partial charge is 0.224 e. The summed E-state index contributed by atoms with van der Waals surface area (Å²) in [6, 6.07) is 0.520. The fourth-order valence-corrected chi connectivity index (χ4v) is 1.72. The van der Waals surface area contributed by atoms with Crippen molar-refractivity contribution in [3.05, 3.63) is 0 Å². The van der Waals surface area contributed by atoms with Gasteiger partial charge in [-0.25, -0.2) is 0 Å². The van der Waals surface area contributed by atoms with Gasteiger partial charge >= 0.3 is 0 Å². The van der Waals surface area contributed by atoms with E-state index in [2.05, 4.69) is 6.92 Å². The van der Waals surface area contributed by atoms with Gasteiger partial charge in [0, 0.05) is 24.5 Å². The molecule has 0 aromatic heterocycles. The van der Waals surface area contributed by atoms with Gasteiger partial charge in [0.15, 0.2) is 0 Å². The van der Waals surface area contributed by atoms with Crippen LogP contribution in [0.4, 0.5) is 0 Å². The Morgan fingerprint density at radius 2 is 2.07 bits per heavy atom. The molecule has 3 heteroatoms. The number of hydrogen-bond acceptors (Lipinski definition) is 2. The van der Waals surface area contributed by atoms with E-state index in [1.54, 1.807) is 0 Å². The molecule has 3 nitrogen and oxygen atoms in total. The van der Waals surface area contributed by atoms with Crippen molar-refractivity contribution < 1.29 is 4.79 Å². The van der Waals surface area contributed by atoms with Gasteiger partial charge in [-0.05, 0) is 33.1 Å². The molecule has 0 atom stereocenters. The Labute approximate surface area is 93.0 Å². The molecule has 88 valence electrons. The Morgan fingerprint density at radius 1 is 1.47 bits per heavy atom. The number of carbonyl (C=O) groups is 1. The van der Waals surface area contributed by atoms with Crippen molar-refractivity contribution in [2.45, 2.75) is 64.5 Å². The zero-order chi connectivity index (χ0) is 11.5. The zero-order valence-electron chi connectivity index (χ0n) is 10.3. The Balaban J connectivity index is 2.44. The number of nitrogens with zero attached hydrogens (tertiary/aromatic N) is 1. The first kappa shape index (κ1) is 12.5. The maximum absolute atomic E-state index is 12.0. The third kappa shape index (κ3) is 4.65. The SMILES string of the molecule is CCCCN(C(=O)CC(C)(C)N)C1CC1. The number of rotatable bonds is 6. The molecule has 0 heterocycles. The van der Waals surface area contributed by atoms with Crippen molar-refractivity contribution in [3.63, 3.8) is 0 Å². The summed E-state index contributed by atoms with van der Waals surface area (Å²) < 4.78 is 0. The van der Waals surface area contributed by atoms with Crippen molar-refractivity contribution >= 4 is 5.91 Å². The van der Waals surface area contributed by atoms with E-state index in [-0.39, 0.29) is 11.4 Å². The van der Waals surface area contributed by atoms with Gasteiger partial charge in [-0.3, -0.25) is 4.79 Å². The first-order valence-electron chi connectivity index (χ1n) is 6.02. The topological polar surface area (TPSA) is 46.3 Å². The van der Waals surface area contributed by atoms with E-state index in [1.807, 2.05) is 18.7 Å². The second-order valence-electron chi connectivity index (χ2n) is 5.34. The van der Waals surface area contributed by atoms with Gasteiger partial charge in [0.1, 0.15) is 0 Å². The van der Waals surface area contributed by atoms with Gasteiger partial charge in [0.05, 0.1) is 0 Å². The highest BCUT2D eigenvalue weighted by atomic mass is 16.2. The summed E-state index contributed by atoms with van der Waals surface area (Å²) in [5.41, 5.74) is 5.50. The lowest BCUT2D eigenvalue weighted by Crippen LogP contribution is -2.42. The maximum atomic E-state index is 12.0. The molecule has 0 aromatic carbocycles. The molecule has 1 amide bonds. The first-order chi connectivity index (χ1) is 6.94. The van der Waals surface area contributed by atoms with Crippen molar-refractivity contribution in [2.24, 2.45) is 5.73 Å². The Morgan fingerprint density at radius 3 is 2.47 bits per heavy atom. The highest BCUT2D eigenvalue weighted by molar-refractivity contribution is 5.78. The molecule has 1 aliphatic carbocycles. The van der Waals surface area contributed by atoms with Crippen molar-refractivity contribution in [1.29, 1.82) is 0 Å². The fraction of sp³-hybridized carbons (Fsp3) is 0.917. The molecule has 0 radical (unpaired) electrons. The van der Waals surface area contributed by atoms with Crippen LogP contribution >= 0.6 is 0 Å². The molecule has 1 rings (SSSR count). The molecule has 2 N–H and O–H groups in total. The Bertz CT molecular complexity index is 216. The molecule has 1 aliphatic rings. The zero-order valence-corrected chi connectivity index (χ0v) is 10.3. The molecule has 0 aromatic rings. The normalized spacial score (nSPS) is 16.5. The predicted octanol–water partition coefficient (Wildman–Crippen LogP) is 1.90. The summed E-state index contributed by atoms with van der Waals surface area (Å²) >= 11 is 0. The average molecular weight is 212 g/mol. The lowest BCUT2D eigenvalue weighted by molar-refractivity contribution is -0.132. The lowest BCUT2D eigenvalue weighted by Gasteiger charge is -2.26. The summed E-state index contributed by atoms with van der Waals surface area (Å²) in [5, 5.41) is 0. The van der Waals surface area contributed by atoms with Gasteiger partial charge in [-0.15, -0.1) is 0 Å². The van der Waals surface area contributed by atoms with Gasteiger partial charge in [-0.1, -0.05) is 13.3 Å². The lowest BCUT2D eigenvalue weighted by atomic mass is 10.0. The largest absolute Gasteiger partial charge is 0.340 e. The van der Waals surface area contributed by atoms with Crippen LogP contribution in [0.5, 0.6) is 0 Å². The van der Waals surface area contributed by atoms with Crippen molar-refractivity contribution in [2.75, 3.05) is 6.54 Å². The number of hydrogen-bond donors (Lipinski definition) is 1. The standard InChI is InChI=1S/C12H24N2O/c1-4-5-8-14(10-6-7-10)11(15)9-12(2,3)13/h10H,4-9,13H2,1-3H3. The van der Waals surface area contributed by atoms with E-state index in [1.165, 1.54) is 12.8 Å². The number of amides is 1. The van der Waals surface area contributed by atoms with Gasteiger partial charge in [0.25, 0.3) is 0 Å². The number of unbranched alkanes of at least 4 members (excludes halogenated alkanes) is 1. The van der Waals surface area contributed by atoms with Gasteiger partial charge < -0.3 is 10.6 Å².